The van der Waals surface area contributed by atoms with Gasteiger partial charge >= 0.3 is 0 Å². The van der Waals surface area contributed by atoms with Crippen molar-refractivity contribution in [3.63, 3.8) is 0 Å². The van der Waals surface area contributed by atoms with Crippen LogP contribution in [0.5, 0.6) is 5.88 Å². The Morgan fingerprint density at radius 3 is 2.63 bits per heavy atom. The van der Waals surface area contributed by atoms with Crippen LogP contribution < -0.4 is 4.74 Å². The summed E-state index contributed by atoms with van der Waals surface area (Å²) in [5.41, 5.74) is 1.98. The van der Waals surface area contributed by atoms with Crippen molar-refractivity contribution in [2.75, 3.05) is 40.0 Å². The fourth-order valence-corrected chi connectivity index (χ4v) is 4.34. The first-order chi connectivity index (χ1) is 14.7. The van der Waals surface area contributed by atoms with Crippen molar-refractivity contribution >= 4 is 0 Å². The van der Waals surface area contributed by atoms with E-state index < -0.39 is 5.60 Å². The third-order valence-corrected chi connectivity index (χ3v) is 6.05. The van der Waals surface area contributed by atoms with Crippen LogP contribution >= 0.6 is 0 Å². The number of piperidine rings is 3. The molecule has 5 nitrogen and oxygen atoms in total. The first kappa shape index (κ1) is 20.9. The number of benzene rings is 1. The number of pyridine rings is 1. The molecule has 0 spiro atoms. The van der Waals surface area contributed by atoms with Crippen LogP contribution in [0.25, 0.3) is 0 Å². The maximum Gasteiger partial charge on any atom is 0.213 e. The third-order valence-electron chi connectivity index (χ3n) is 6.05. The van der Waals surface area contributed by atoms with E-state index in [2.05, 4.69) is 28.9 Å². The predicted octanol–water partition coefficient (Wildman–Crippen LogP) is 2.90. The highest BCUT2D eigenvalue weighted by Crippen LogP contribution is 2.35. The fraction of sp³-hybridized carbons (Fsp3) is 0.480. The van der Waals surface area contributed by atoms with E-state index in [1.807, 2.05) is 30.3 Å². The molecule has 4 heterocycles. The summed E-state index contributed by atoms with van der Waals surface area (Å²) >= 11 is 0. The maximum absolute atomic E-state index is 11.2. The minimum absolute atomic E-state index is 0.268. The van der Waals surface area contributed by atoms with Crippen molar-refractivity contribution in [3.05, 3.63) is 59.3 Å². The molecule has 2 aromatic rings. The zero-order valence-corrected chi connectivity index (χ0v) is 17.6. The largest absolute Gasteiger partial charge is 0.478 e. The Balaban J connectivity index is 1.57. The van der Waals surface area contributed by atoms with Crippen molar-refractivity contribution in [2.45, 2.75) is 31.3 Å². The second kappa shape index (κ2) is 9.61. The number of ether oxygens (including phenoxy) is 2. The van der Waals surface area contributed by atoms with Gasteiger partial charge in [0, 0.05) is 50.7 Å². The van der Waals surface area contributed by atoms with E-state index in [1.165, 1.54) is 5.56 Å². The molecular weight excluding hydrogens is 376 g/mol. The number of nitrogens with zero attached hydrogens (tertiary/aromatic N) is 2. The van der Waals surface area contributed by atoms with E-state index in [-0.39, 0.29) is 5.92 Å². The fourth-order valence-electron chi connectivity index (χ4n) is 4.34. The highest BCUT2D eigenvalue weighted by atomic mass is 16.5. The van der Waals surface area contributed by atoms with Gasteiger partial charge in [0.15, 0.2) is 0 Å². The van der Waals surface area contributed by atoms with Gasteiger partial charge in [-0.25, -0.2) is 4.98 Å². The number of hydrogen-bond donors (Lipinski definition) is 1. The van der Waals surface area contributed by atoms with Gasteiger partial charge in [-0.05, 0) is 37.6 Å². The lowest BCUT2D eigenvalue weighted by molar-refractivity contribution is -0.0713. The van der Waals surface area contributed by atoms with Crippen LogP contribution in [0, 0.1) is 17.8 Å². The number of aliphatic hydroxyl groups is 1. The summed E-state index contributed by atoms with van der Waals surface area (Å²) in [6.07, 6.45) is 3.54. The SMILES string of the molecule is COCCCOc1ccc(C#CC2(O)CN3CCC2CC3)c(Cc2ccccc2)n1. The smallest absolute Gasteiger partial charge is 0.213 e. The van der Waals surface area contributed by atoms with Gasteiger partial charge in [-0.3, -0.25) is 4.90 Å². The molecule has 5 heteroatoms. The summed E-state index contributed by atoms with van der Waals surface area (Å²) in [6.45, 7) is 4.02. The standard InChI is InChI=1S/C25H30N2O3/c1-29-16-5-17-30-24-9-8-21(23(26-24)18-20-6-3-2-4-7-20)10-13-25(28)19-27-14-11-22(25)12-15-27/h2-4,6-9,22,28H,5,11-12,14-19H2,1H3. The van der Waals surface area contributed by atoms with Crippen LogP contribution in [0.15, 0.2) is 42.5 Å². The van der Waals surface area contributed by atoms with Crippen LogP contribution in [-0.2, 0) is 11.2 Å². The molecule has 1 aromatic heterocycles. The summed E-state index contributed by atoms with van der Waals surface area (Å²) in [4.78, 5) is 7.06. The molecule has 3 fully saturated rings. The van der Waals surface area contributed by atoms with Crippen molar-refractivity contribution in [1.29, 1.82) is 0 Å². The molecule has 3 aliphatic heterocycles. The van der Waals surface area contributed by atoms with E-state index in [1.54, 1.807) is 7.11 Å². The molecular formula is C25H30N2O3. The van der Waals surface area contributed by atoms with Crippen LogP contribution in [0.4, 0.5) is 0 Å². The molecule has 0 radical (unpaired) electrons. The molecule has 1 atom stereocenters. The molecule has 158 valence electrons. The van der Waals surface area contributed by atoms with Crippen molar-refractivity contribution in [2.24, 2.45) is 5.92 Å². The molecule has 1 N–H and O–H groups in total. The summed E-state index contributed by atoms with van der Waals surface area (Å²) in [6, 6.07) is 14.1. The third kappa shape index (κ3) is 5.02. The van der Waals surface area contributed by atoms with E-state index in [0.717, 1.165) is 43.6 Å². The Morgan fingerprint density at radius 1 is 1.13 bits per heavy atom. The molecule has 2 bridgehead atoms. The molecule has 0 aliphatic carbocycles. The number of aromatic nitrogens is 1. The zero-order valence-electron chi connectivity index (χ0n) is 17.6. The zero-order chi connectivity index (χ0) is 20.8. The monoisotopic (exact) mass is 406 g/mol. The summed E-state index contributed by atoms with van der Waals surface area (Å²) in [5.74, 6) is 7.35. The van der Waals surface area contributed by atoms with Crippen molar-refractivity contribution < 1.29 is 14.6 Å². The Labute approximate surface area is 179 Å². The molecule has 0 amide bonds. The minimum Gasteiger partial charge on any atom is -0.478 e. The maximum atomic E-state index is 11.2. The van der Waals surface area contributed by atoms with Gasteiger partial charge < -0.3 is 14.6 Å². The molecule has 0 saturated carbocycles. The van der Waals surface area contributed by atoms with Gasteiger partial charge in [0.2, 0.25) is 5.88 Å². The molecule has 5 rings (SSSR count). The number of fused-ring (bicyclic) bond motifs is 3. The summed E-state index contributed by atoms with van der Waals surface area (Å²) in [7, 11) is 1.69. The Morgan fingerprint density at radius 2 is 1.93 bits per heavy atom. The molecule has 3 saturated heterocycles. The van der Waals surface area contributed by atoms with Crippen LogP contribution in [0.1, 0.15) is 36.1 Å². The second-order valence-electron chi connectivity index (χ2n) is 8.23. The quantitative estimate of drug-likeness (QED) is 0.566. The summed E-state index contributed by atoms with van der Waals surface area (Å²) < 4.78 is 10.9. The van der Waals surface area contributed by atoms with Gasteiger partial charge in [0.1, 0.15) is 5.60 Å². The van der Waals surface area contributed by atoms with Crippen LogP contribution in [0.3, 0.4) is 0 Å². The second-order valence-corrected chi connectivity index (χ2v) is 8.23. The van der Waals surface area contributed by atoms with Gasteiger partial charge in [0.25, 0.3) is 0 Å². The number of hydrogen-bond acceptors (Lipinski definition) is 5. The summed E-state index contributed by atoms with van der Waals surface area (Å²) in [5, 5.41) is 11.2. The average molecular weight is 407 g/mol. The van der Waals surface area contributed by atoms with Crippen molar-refractivity contribution in [1.82, 2.24) is 9.88 Å². The first-order valence-corrected chi connectivity index (χ1v) is 10.8. The Hall–Kier alpha value is -2.39. The van der Waals surface area contributed by atoms with Crippen molar-refractivity contribution in [3.8, 4) is 17.7 Å². The topological polar surface area (TPSA) is 54.8 Å². The van der Waals surface area contributed by atoms with Crippen LogP contribution in [-0.4, -0.2) is 60.5 Å². The lowest BCUT2D eigenvalue weighted by Gasteiger charge is -2.47. The van der Waals surface area contributed by atoms with Crippen LogP contribution in [0.2, 0.25) is 0 Å². The highest BCUT2D eigenvalue weighted by molar-refractivity contribution is 5.44. The van der Waals surface area contributed by atoms with Gasteiger partial charge in [-0.2, -0.15) is 0 Å². The molecule has 1 unspecified atom stereocenters. The van der Waals surface area contributed by atoms with E-state index in [4.69, 9.17) is 14.5 Å². The normalized spacial score (nSPS) is 24.9. The predicted molar refractivity (Wildman–Crippen MR) is 116 cm³/mol. The average Bonchev–Trinajstić information content (AvgIpc) is 2.77. The van der Waals surface area contributed by atoms with Gasteiger partial charge in [0.05, 0.1) is 12.3 Å². The van der Waals surface area contributed by atoms with E-state index in [0.29, 0.717) is 32.1 Å². The first-order valence-electron chi connectivity index (χ1n) is 10.8. The Bertz CT molecular complexity index is 898. The molecule has 1 aromatic carbocycles. The number of methoxy groups -OCH3 is 1. The Kier molecular flexibility index (Phi) is 6.69. The van der Waals surface area contributed by atoms with E-state index in [9.17, 15) is 5.11 Å². The molecule has 30 heavy (non-hydrogen) atoms. The van der Waals surface area contributed by atoms with Gasteiger partial charge in [-0.1, -0.05) is 42.2 Å². The van der Waals surface area contributed by atoms with Gasteiger partial charge in [-0.15, -0.1) is 0 Å². The lowest BCUT2D eigenvalue weighted by Crippen LogP contribution is -2.58. The lowest BCUT2D eigenvalue weighted by atomic mass is 9.75. The minimum atomic E-state index is -0.921. The molecule has 3 aliphatic rings. The number of rotatable bonds is 7. The van der Waals surface area contributed by atoms with E-state index >= 15 is 0 Å². The highest BCUT2D eigenvalue weighted by Gasteiger charge is 2.44.